The molecule has 0 aliphatic carbocycles. The molecule has 112 valence electrons. The molecular formula is C15H23NO3S. The second-order valence-electron chi connectivity index (χ2n) is 5.66. The number of aliphatic hydroxyl groups is 1. The zero-order valence-electron chi connectivity index (χ0n) is 12.1. The molecule has 0 radical (unpaired) electrons. The Balaban J connectivity index is 2.20. The summed E-state index contributed by atoms with van der Waals surface area (Å²) in [6.07, 6.45) is 1.97. The first-order valence-corrected chi connectivity index (χ1v) is 8.74. The van der Waals surface area contributed by atoms with Crippen molar-refractivity contribution in [3.8, 4) is 0 Å². The number of hydrogen-bond donors (Lipinski definition) is 1. The van der Waals surface area contributed by atoms with Crippen LogP contribution in [0.3, 0.4) is 0 Å². The van der Waals surface area contributed by atoms with Crippen molar-refractivity contribution in [2.75, 3.05) is 6.54 Å². The predicted molar refractivity (Wildman–Crippen MR) is 79.8 cm³/mol. The molecule has 0 spiro atoms. The standard InChI is InChI=1S/C15H23NO3S/c1-12-6-5-7-14(10-12)11-20(18,19)16-9-4-3-8-15(16)13(2)17/h5-7,10,13,15,17H,3-4,8-9,11H2,1-2H3. The Morgan fingerprint density at radius 2 is 2.15 bits per heavy atom. The average Bonchev–Trinajstić information content (AvgIpc) is 2.38. The minimum absolute atomic E-state index is 0.0118. The van der Waals surface area contributed by atoms with Crippen LogP contribution >= 0.6 is 0 Å². The van der Waals surface area contributed by atoms with E-state index < -0.39 is 16.1 Å². The van der Waals surface area contributed by atoms with Crippen molar-refractivity contribution in [2.24, 2.45) is 0 Å². The largest absolute Gasteiger partial charge is 0.392 e. The normalized spacial score (nSPS) is 22.6. The topological polar surface area (TPSA) is 57.6 Å². The van der Waals surface area contributed by atoms with Crippen LogP contribution < -0.4 is 0 Å². The number of aliphatic hydroxyl groups excluding tert-OH is 1. The van der Waals surface area contributed by atoms with E-state index in [-0.39, 0.29) is 11.8 Å². The summed E-state index contributed by atoms with van der Waals surface area (Å²) in [6.45, 7) is 4.14. The maximum atomic E-state index is 12.6. The van der Waals surface area contributed by atoms with Crippen LogP contribution in [0.1, 0.15) is 37.3 Å². The third-order valence-corrected chi connectivity index (χ3v) is 5.71. The first-order valence-electron chi connectivity index (χ1n) is 7.13. The van der Waals surface area contributed by atoms with E-state index in [1.807, 2.05) is 31.2 Å². The van der Waals surface area contributed by atoms with Gasteiger partial charge in [-0.25, -0.2) is 8.42 Å². The highest BCUT2D eigenvalue weighted by atomic mass is 32.2. The lowest BCUT2D eigenvalue weighted by atomic mass is 10.0. The van der Waals surface area contributed by atoms with Crippen molar-refractivity contribution in [1.29, 1.82) is 0 Å². The van der Waals surface area contributed by atoms with Gasteiger partial charge in [-0.2, -0.15) is 4.31 Å². The van der Waals surface area contributed by atoms with Crippen LogP contribution in [0.4, 0.5) is 0 Å². The van der Waals surface area contributed by atoms with Gasteiger partial charge in [-0.3, -0.25) is 0 Å². The van der Waals surface area contributed by atoms with Gasteiger partial charge in [0.15, 0.2) is 0 Å². The highest BCUT2D eigenvalue weighted by Crippen LogP contribution is 2.25. The molecule has 1 aromatic carbocycles. The lowest BCUT2D eigenvalue weighted by Crippen LogP contribution is -2.49. The van der Waals surface area contributed by atoms with Crippen LogP contribution in [0, 0.1) is 6.92 Å². The SMILES string of the molecule is Cc1cccc(CS(=O)(=O)N2CCCCC2C(C)O)c1. The summed E-state index contributed by atoms with van der Waals surface area (Å²) >= 11 is 0. The number of benzene rings is 1. The van der Waals surface area contributed by atoms with Gasteiger partial charge in [-0.15, -0.1) is 0 Å². The Kier molecular flexibility index (Phi) is 4.83. The van der Waals surface area contributed by atoms with Crippen molar-refractivity contribution in [1.82, 2.24) is 4.31 Å². The molecule has 1 saturated heterocycles. The van der Waals surface area contributed by atoms with E-state index in [0.717, 1.165) is 30.4 Å². The molecule has 1 aromatic rings. The summed E-state index contributed by atoms with van der Waals surface area (Å²) in [5.41, 5.74) is 1.86. The molecule has 0 saturated carbocycles. The van der Waals surface area contributed by atoms with Crippen LogP contribution in [-0.2, 0) is 15.8 Å². The third kappa shape index (κ3) is 3.59. The van der Waals surface area contributed by atoms with E-state index in [9.17, 15) is 13.5 Å². The molecule has 2 unspecified atom stereocenters. The molecule has 5 heteroatoms. The lowest BCUT2D eigenvalue weighted by Gasteiger charge is -2.36. The number of hydrogen-bond acceptors (Lipinski definition) is 3. The van der Waals surface area contributed by atoms with E-state index >= 15 is 0 Å². The summed E-state index contributed by atoms with van der Waals surface area (Å²) in [5.74, 6) is 0.0118. The molecular weight excluding hydrogens is 274 g/mol. The van der Waals surface area contributed by atoms with Crippen molar-refractivity contribution in [2.45, 2.75) is 51.0 Å². The molecule has 1 aliphatic heterocycles. The van der Waals surface area contributed by atoms with Gasteiger partial charge in [0.1, 0.15) is 0 Å². The van der Waals surface area contributed by atoms with E-state index in [1.54, 1.807) is 6.92 Å². The smallest absolute Gasteiger partial charge is 0.218 e. The predicted octanol–water partition coefficient (Wildman–Crippen LogP) is 2.06. The van der Waals surface area contributed by atoms with E-state index in [2.05, 4.69) is 0 Å². The van der Waals surface area contributed by atoms with Gasteiger partial charge in [-0.1, -0.05) is 36.2 Å². The maximum absolute atomic E-state index is 12.6. The molecule has 1 fully saturated rings. The Hall–Kier alpha value is -0.910. The van der Waals surface area contributed by atoms with Crippen molar-refractivity contribution >= 4 is 10.0 Å². The Morgan fingerprint density at radius 3 is 2.80 bits per heavy atom. The van der Waals surface area contributed by atoms with Gasteiger partial charge in [0, 0.05) is 6.54 Å². The third-order valence-electron chi connectivity index (χ3n) is 3.84. The Bertz CT molecular complexity index is 554. The van der Waals surface area contributed by atoms with Crippen LogP contribution in [0.25, 0.3) is 0 Å². The number of rotatable bonds is 4. The highest BCUT2D eigenvalue weighted by molar-refractivity contribution is 7.88. The first-order chi connectivity index (χ1) is 9.40. The maximum Gasteiger partial charge on any atom is 0.218 e. The van der Waals surface area contributed by atoms with Crippen LogP contribution in [0.2, 0.25) is 0 Å². The van der Waals surface area contributed by atoms with Crippen molar-refractivity contribution in [3.05, 3.63) is 35.4 Å². The van der Waals surface area contributed by atoms with Gasteiger partial charge in [0.05, 0.1) is 17.9 Å². The number of aryl methyl sites for hydroxylation is 1. The fraction of sp³-hybridized carbons (Fsp3) is 0.600. The minimum atomic E-state index is -3.37. The van der Waals surface area contributed by atoms with Crippen LogP contribution in [-0.4, -0.2) is 36.5 Å². The average molecular weight is 297 g/mol. The molecule has 2 rings (SSSR count). The quantitative estimate of drug-likeness (QED) is 0.925. The molecule has 0 aromatic heterocycles. The van der Waals surface area contributed by atoms with Gasteiger partial charge in [0.25, 0.3) is 0 Å². The van der Waals surface area contributed by atoms with Gasteiger partial charge >= 0.3 is 0 Å². The first kappa shape index (κ1) is 15.5. The second-order valence-corrected chi connectivity index (χ2v) is 7.58. The van der Waals surface area contributed by atoms with Crippen LogP contribution in [0.15, 0.2) is 24.3 Å². The molecule has 1 heterocycles. The molecule has 0 amide bonds. The molecule has 4 nitrogen and oxygen atoms in total. The molecule has 1 N–H and O–H groups in total. The number of nitrogens with zero attached hydrogens (tertiary/aromatic N) is 1. The van der Waals surface area contributed by atoms with Crippen LogP contribution in [0.5, 0.6) is 0 Å². The minimum Gasteiger partial charge on any atom is -0.392 e. The summed E-state index contributed by atoms with van der Waals surface area (Å²) in [4.78, 5) is 0. The van der Waals surface area contributed by atoms with Gasteiger partial charge in [-0.05, 0) is 32.3 Å². The van der Waals surface area contributed by atoms with Crippen molar-refractivity contribution < 1.29 is 13.5 Å². The van der Waals surface area contributed by atoms with Crippen molar-refractivity contribution in [3.63, 3.8) is 0 Å². The molecule has 0 bridgehead atoms. The number of piperidine rings is 1. The molecule has 20 heavy (non-hydrogen) atoms. The van der Waals surface area contributed by atoms with E-state index in [4.69, 9.17) is 0 Å². The fourth-order valence-electron chi connectivity index (χ4n) is 2.85. The Labute approximate surface area is 121 Å². The summed E-state index contributed by atoms with van der Waals surface area (Å²) in [5, 5.41) is 9.81. The van der Waals surface area contributed by atoms with Gasteiger partial charge in [0.2, 0.25) is 10.0 Å². The zero-order valence-corrected chi connectivity index (χ0v) is 12.9. The monoisotopic (exact) mass is 297 g/mol. The molecule has 1 aliphatic rings. The van der Waals surface area contributed by atoms with E-state index in [0.29, 0.717) is 6.54 Å². The van der Waals surface area contributed by atoms with E-state index in [1.165, 1.54) is 4.31 Å². The number of sulfonamides is 1. The molecule has 2 atom stereocenters. The summed E-state index contributed by atoms with van der Waals surface area (Å²) in [7, 11) is -3.37. The highest BCUT2D eigenvalue weighted by Gasteiger charge is 2.34. The Morgan fingerprint density at radius 1 is 1.40 bits per heavy atom. The summed E-state index contributed by atoms with van der Waals surface area (Å²) < 4.78 is 26.7. The summed E-state index contributed by atoms with van der Waals surface area (Å²) in [6, 6.07) is 7.29. The fourth-order valence-corrected chi connectivity index (χ4v) is 4.72. The second kappa shape index (κ2) is 6.24. The lowest BCUT2D eigenvalue weighted by molar-refractivity contribution is 0.0830. The van der Waals surface area contributed by atoms with Gasteiger partial charge < -0.3 is 5.11 Å². The zero-order chi connectivity index (χ0) is 14.8.